The Morgan fingerprint density at radius 2 is 2.27 bits per heavy atom. The highest BCUT2D eigenvalue weighted by molar-refractivity contribution is 6.35. The number of halogens is 1. The first-order valence-electron chi connectivity index (χ1n) is 6.81. The summed E-state index contributed by atoms with van der Waals surface area (Å²) >= 11 is 6.19. The Morgan fingerprint density at radius 1 is 1.41 bits per heavy atom. The van der Waals surface area contributed by atoms with Crippen LogP contribution in [-0.2, 0) is 4.74 Å². The number of nitrogens with zero attached hydrogens (tertiary/aromatic N) is 4. The molecule has 0 saturated carbocycles. The molecule has 1 atom stereocenters. The second-order valence-electron chi connectivity index (χ2n) is 4.94. The van der Waals surface area contributed by atoms with Crippen molar-refractivity contribution < 1.29 is 4.74 Å². The predicted molar refractivity (Wildman–Crippen MR) is 83.5 cm³/mol. The number of rotatable bonds is 2. The first-order chi connectivity index (χ1) is 10.7. The Labute approximate surface area is 133 Å². The lowest BCUT2D eigenvalue weighted by atomic mass is 10.0. The van der Waals surface area contributed by atoms with Gasteiger partial charge in [0.1, 0.15) is 23.3 Å². The number of nitriles is 1. The SMILES string of the molecule is N#Cc1cccc(C2CN(c3ncnc(N)c3Cl)CCO2)c1. The number of morpholine rings is 1. The molecule has 2 heterocycles. The van der Waals surface area contributed by atoms with Crippen molar-refractivity contribution in [2.24, 2.45) is 0 Å². The van der Waals surface area contributed by atoms with Crippen molar-refractivity contribution in [1.82, 2.24) is 9.97 Å². The van der Waals surface area contributed by atoms with Gasteiger partial charge in [-0.2, -0.15) is 5.26 Å². The second-order valence-corrected chi connectivity index (χ2v) is 5.32. The van der Waals surface area contributed by atoms with Gasteiger partial charge in [0.25, 0.3) is 0 Å². The molecule has 22 heavy (non-hydrogen) atoms. The first kappa shape index (κ1) is 14.6. The molecular weight excluding hydrogens is 302 g/mol. The summed E-state index contributed by atoms with van der Waals surface area (Å²) < 4.78 is 5.82. The molecule has 6 nitrogen and oxygen atoms in total. The summed E-state index contributed by atoms with van der Waals surface area (Å²) in [6.07, 6.45) is 1.26. The second kappa shape index (κ2) is 6.18. The fourth-order valence-electron chi connectivity index (χ4n) is 2.45. The topological polar surface area (TPSA) is 88.1 Å². The molecule has 112 valence electrons. The van der Waals surface area contributed by atoms with Crippen LogP contribution in [0.5, 0.6) is 0 Å². The van der Waals surface area contributed by atoms with Gasteiger partial charge in [-0.1, -0.05) is 23.7 Å². The van der Waals surface area contributed by atoms with Crippen LogP contribution in [0.2, 0.25) is 5.02 Å². The molecule has 1 aromatic heterocycles. The van der Waals surface area contributed by atoms with E-state index in [9.17, 15) is 0 Å². The quantitative estimate of drug-likeness (QED) is 0.913. The van der Waals surface area contributed by atoms with Gasteiger partial charge in [-0.25, -0.2) is 9.97 Å². The number of benzene rings is 1. The number of ether oxygens (including phenoxy) is 1. The lowest BCUT2D eigenvalue weighted by Gasteiger charge is -2.34. The molecule has 0 bridgehead atoms. The molecule has 1 unspecified atom stereocenters. The number of hydrogen-bond acceptors (Lipinski definition) is 6. The number of nitrogen functional groups attached to an aromatic ring is 1. The Hall–Kier alpha value is -2.36. The van der Waals surface area contributed by atoms with Crippen molar-refractivity contribution in [2.75, 3.05) is 30.3 Å². The van der Waals surface area contributed by atoms with E-state index in [1.54, 1.807) is 6.07 Å². The van der Waals surface area contributed by atoms with E-state index in [2.05, 4.69) is 16.0 Å². The molecule has 7 heteroatoms. The molecule has 0 radical (unpaired) electrons. The summed E-state index contributed by atoms with van der Waals surface area (Å²) in [7, 11) is 0. The molecule has 0 amide bonds. The van der Waals surface area contributed by atoms with Crippen LogP contribution in [0.4, 0.5) is 11.6 Å². The Balaban J connectivity index is 1.85. The maximum absolute atomic E-state index is 9.01. The largest absolute Gasteiger partial charge is 0.382 e. The van der Waals surface area contributed by atoms with E-state index in [1.165, 1.54) is 6.33 Å². The fourth-order valence-corrected chi connectivity index (χ4v) is 2.66. The molecule has 1 aliphatic rings. The first-order valence-corrected chi connectivity index (χ1v) is 7.19. The highest BCUT2D eigenvalue weighted by Gasteiger charge is 2.25. The minimum Gasteiger partial charge on any atom is -0.382 e. The molecule has 1 fully saturated rings. The normalized spacial score (nSPS) is 18.0. The summed E-state index contributed by atoms with van der Waals surface area (Å²) in [5, 5.41) is 9.36. The van der Waals surface area contributed by atoms with Gasteiger partial charge >= 0.3 is 0 Å². The van der Waals surface area contributed by atoms with E-state index in [0.717, 1.165) is 5.56 Å². The van der Waals surface area contributed by atoms with Gasteiger partial charge in [0.2, 0.25) is 0 Å². The van der Waals surface area contributed by atoms with E-state index >= 15 is 0 Å². The van der Waals surface area contributed by atoms with Gasteiger partial charge in [0, 0.05) is 13.1 Å². The minimum absolute atomic E-state index is 0.144. The van der Waals surface area contributed by atoms with Crippen LogP contribution in [0.1, 0.15) is 17.2 Å². The summed E-state index contributed by atoms with van der Waals surface area (Å²) in [4.78, 5) is 10.1. The van der Waals surface area contributed by atoms with E-state index in [0.29, 0.717) is 36.1 Å². The zero-order chi connectivity index (χ0) is 15.5. The molecule has 1 aliphatic heterocycles. The van der Waals surface area contributed by atoms with E-state index < -0.39 is 0 Å². The van der Waals surface area contributed by atoms with Crippen LogP contribution in [0.3, 0.4) is 0 Å². The van der Waals surface area contributed by atoms with Crippen molar-refractivity contribution in [1.29, 1.82) is 5.26 Å². The van der Waals surface area contributed by atoms with Crippen molar-refractivity contribution in [2.45, 2.75) is 6.10 Å². The standard InChI is InChI=1S/C15H14ClN5O/c16-13-14(18)19-9-20-15(13)21-4-5-22-12(8-21)11-3-1-2-10(6-11)7-17/h1-3,6,9,12H,4-5,8H2,(H2,18,19,20). The van der Waals surface area contributed by atoms with E-state index in [1.807, 2.05) is 23.1 Å². The predicted octanol–water partition coefficient (Wildman–Crippen LogP) is 2.16. The van der Waals surface area contributed by atoms with Crippen LogP contribution in [0.25, 0.3) is 0 Å². The lowest BCUT2D eigenvalue weighted by molar-refractivity contribution is 0.0395. The maximum atomic E-state index is 9.01. The number of hydrogen-bond donors (Lipinski definition) is 1. The van der Waals surface area contributed by atoms with E-state index in [4.69, 9.17) is 27.3 Å². The highest BCUT2D eigenvalue weighted by Crippen LogP contribution is 2.31. The molecule has 2 aromatic rings. The maximum Gasteiger partial charge on any atom is 0.153 e. The van der Waals surface area contributed by atoms with Gasteiger partial charge in [0.15, 0.2) is 5.82 Å². The van der Waals surface area contributed by atoms with Crippen molar-refractivity contribution >= 4 is 23.2 Å². The van der Waals surface area contributed by atoms with Crippen molar-refractivity contribution in [3.63, 3.8) is 0 Å². The summed E-state index contributed by atoms with van der Waals surface area (Å²) in [6, 6.07) is 9.55. The smallest absolute Gasteiger partial charge is 0.153 e. The molecule has 3 rings (SSSR count). The zero-order valence-corrected chi connectivity index (χ0v) is 12.5. The summed E-state index contributed by atoms with van der Waals surface area (Å²) in [5.41, 5.74) is 7.31. The van der Waals surface area contributed by atoms with Gasteiger partial charge < -0.3 is 15.4 Å². The molecule has 1 saturated heterocycles. The third-order valence-corrected chi connectivity index (χ3v) is 3.91. The highest BCUT2D eigenvalue weighted by atomic mass is 35.5. The Morgan fingerprint density at radius 3 is 3.09 bits per heavy atom. The van der Waals surface area contributed by atoms with Crippen LogP contribution in [0, 0.1) is 11.3 Å². The minimum atomic E-state index is -0.144. The number of nitrogens with two attached hydrogens (primary N) is 1. The Kier molecular flexibility index (Phi) is 4.09. The molecular formula is C15H14ClN5O. The van der Waals surface area contributed by atoms with E-state index in [-0.39, 0.29) is 11.9 Å². The van der Waals surface area contributed by atoms with Gasteiger partial charge in [-0.15, -0.1) is 0 Å². The Bertz CT molecular complexity index is 730. The third kappa shape index (κ3) is 2.82. The zero-order valence-electron chi connectivity index (χ0n) is 11.7. The van der Waals surface area contributed by atoms with Gasteiger partial charge in [-0.05, 0) is 17.7 Å². The molecule has 0 aliphatic carbocycles. The number of anilines is 2. The molecule has 2 N–H and O–H groups in total. The third-order valence-electron chi connectivity index (χ3n) is 3.55. The van der Waals surface area contributed by atoms with Crippen LogP contribution < -0.4 is 10.6 Å². The van der Waals surface area contributed by atoms with Gasteiger partial charge in [0.05, 0.1) is 18.2 Å². The number of aromatic nitrogens is 2. The van der Waals surface area contributed by atoms with Crippen LogP contribution >= 0.6 is 11.6 Å². The van der Waals surface area contributed by atoms with Crippen LogP contribution in [-0.4, -0.2) is 29.7 Å². The molecule has 0 spiro atoms. The summed E-state index contributed by atoms with van der Waals surface area (Å²) in [6.45, 7) is 1.80. The monoisotopic (exact) mass is 315 g/mol. The lowest BCUT2D eigenvalue weighted by Crippen LogP contribution is -2.39. The van der Waals surface area contributed by atoms with Crippen molar-refractivity contribution in [3.05, 3.63) is 46.7 Å². The van der Waals surface area contributed by atoms with Gasteiger partial charge in [-0.3, -0.25) is 0 Å². The van der Waals surface area contributed by atoms with Crippen LogP contribution in [0.15, 0.2) is 30.6 Å². The van der Waals surface area contributed by atoms with Crippen molar-refractivity contribution in [3.8, 4) is 6.07 Å². The molecule has 1 aromatic carbocycles. The average Bonchev–Trinajstić information content (AvgIpc) is 2.57. The summed E-state index contributed by atoms with van der Waals surface area (Å²) in [5.74, 6) is 0.875. The fraction of sp³-hybridized carbons (Fsp3) is 0.267. The average molecular weight is 316 g/mol.